The Hall–Kier alpha value is -2.59. The van der Waals surface area contributed by atoms with Crippen LogP contribution in [-0.2, 0) is 17.6 Å². The second-order valence-corrected chi connectivity index (χ2v) is 6.49. The van der Waals surface area contributed by atoms with Crippen molar-refractivity contribution in [2.24, 2.45) is 5.73 Å². The Bertz CT molecular complexity index is 896. The number of carboxylic acid groups (broad SMARTS) is 1. The lowest BCUT2D eigenvalue weighted by molar-refractivity contribution is -0.136. The van der Waals surface area contributed by atoms with Crippen LogP contribution in [0.3, 0.4) is 0 Å². The number of carboxylic acids is 1. The van der Waals surface area contributed by atoms with Gasteiger partial charge >= 0.3 is 5.97 Å². The van der Waals surface area contributed by atoms with Gasteiger partial charge in [0.25, 0.3) is 0 Å². The maximum Gasteiger partial charge on any atom is 0.307 e. The number of hydrogen-bond acceptors (Lipinski definition) is 2. The molecule has 0 aliphatic carbocycles. The molecule has 0 saturated heterocycles. The Morgan fingerprint density at radius 3 is 2.68 bits per heavy atom. The summed E-state index contributed by atoms with van der Waals surface area (Å²) in [7, 11) is 0. The van der Waals surface area contributed by atoms with Crippen LogP contribution in [0.25, 0.3) is 22.2 Å². The van der Waals surface area contributed by atoms with Crippen LogP contribution in [0, 0.1) is 6.92 Å². The average Bonchev–Trinajstić information content (AvgIpc) is 2.93. The van der Waals surface area contributed by atoms with Crippen LogP contribution in [0.2, 0.25) is 0 Å². The van der Waals surface area contributed by atoms with Gasteiger partial charge in [-0.15, -0.1) is 0 Å². The fourth-order valence-electron chi connectivity index (χ4n) is 3.37. The molecule has 0 atom stereocenters. The molecule has 3 rings (SSSR count). The number of aryl methyl sites for hydroxylation is 2. The normalized spacial score (nSPS) is 11.1. The molecule has 3 aromatic rings. The first-order chi connectivity index (χ1) is 12.1. The number of aromatic amines is 1. The molecule has 2 aromatic carbocycles. The molecule has 0 bridgehead atoms. The molecule has 1 heterocycles. The summed E-state index contributed by atoms with van der Waals surface area (Å²) in [6, 6.07) is 14.2. The number of H-pyrrole nitrogens is 1. The molecule has 1 aromatic heterocycles. The van der Waals surface area contributed by atoms with Crippen molar-refractivity contribution in [3.8, 4) is 11.3 Å². The summed E-state index contributed by atoms with van der Waals surface area (Å²) in [5.41, 5.74) is 12.3. The monoisotopic (exact) mass is 336 g/mol. The second kappa shape index (κ2) is 7.53. The lowest BCUT2D eigenvalue weighted by Crippen LogP contribution is -2.00. The third kappa shape index (κ3) is 3.74. The van der Waals surface area contributed by atoms with Gasteiger partial charge in [-0.3, -0.25) is 4.79 Å². The number of aliphatic carboxylic acids is 1. The molecule has 4 heteroatoms. The number of hydrogen-bond donors (Lipinski definition) is 3. The lowest BCUT2D eigenvalue weighted by atomic mass is 9.97. The van der Waals surface area contributed by atoms with Gasteiger partial charge in [0.1, 0.15) is 0 Å². The fourth-order valence-corrected chi connectivity index (χ4v) is 3.37. The zero-order valence-electron chi connectivity index (χ0n) is 14.5. The summed E-state index contributed by atoms with van der Waals surface area (Å²) < 4.78 is 0. The highest BCUT2D eigenvalue weighted by atomic mass is 16.4. The molecular weight excluding hydrogens is 312 g/mol. The zero-order valence-corrected chi connectivity index (χ0v) is 14.5. The molecule has 0 aliphatic heterocycles. The first kappa shape index (κ1) is 17.2. The van der Waals surface area contributed by atoms with E-state index in [1.165, 1.54) is 16.7 Å². The van der Waals surface area contributed by atoms with Gasteiger partial charge in [0.15, 0.2) is 0 Å². The smallest absolute Gasteiger partial charge is 0.307 e. The summed E-state index contributed by atoms with van der Waals surface area (Å²) in [6.07, 6.45) is 2.97. The number of unbranched alkanes of at least 4 members (excludes halogenated alkanes) is 1. The molecule has 0 amide bonds. The number of rotatable bonds is 7. The van der Waals surface area contributed by atoms with E-state index < -0.39 is 5.97 Å². The minimum absolute atomic E-state index is 0.0447. The van der Waals surface area contributed by atoms with Crippen molar-refractivity contribution in [2.45, 2.75) is 32.6 Å². The summed E-state index contributed by atoms with van der Waals surface area (Å²) in [4.78, 5) is 14.6. The highest BCUT2D eigenvalue weighted by molar-refractivity contribution is 5.92. The summed E-state index contributed by atoms with van der Waals surface area (Å²) in [5, 5.41) is 10.2. The molecule has 0 radical (unpaired) electrons. The van der Waals surface area contributed by atoms with Crippen molar-refractivity contribution < 1.29 is 9.90 Å². The van der Waals surface area contributed by atoms with E-state index in [4.69, 9.17) is 10.8 Å². The van der Waals surface area contributed by atoms with Crippen molar-refractivity contribution >= 4 is 16.9 Å². The molecule has 0 fully saturated rings. The van der Waals surface area contributed by atoms with E-state index in [0.29, 0.717) is 6.54 Å². The molecule has 0 saturated carbocycles. The molecule has 0 aliphatic rings. The van der Waals surface area contributed by atoms with Gasteiger partial charge in [0, 0.05) is 22.2 Å². The zero-order chi connectivity index (χ0) is 17.8. The third-order valence-corrected chi connectivity index (χ3v) is 4.62. The Morgan fingerprint density at radius 2 is 1.96 bits per heavy atom. The second-order valence-electron chi connectivity index (χ2n) is 6.49. The Kier molecular flexibility index (Phi) is 5.19. The van der Waals surface area contributed by atoms with E-state index in [-0.39, 0.29) is 6.42 Å². The standard InChI is InChI=1S/C21H24N2O2/c1-14-6-2-3-7-16(14)21-17(8-4-5-11-22)18-12-15(13-20(24)25)9-10-19(18)23-21/h2-3,6-7,9-10,12,23H,4-5,8,11,13,22H2,1H3,(H,24,25). The topological polar surface area (TPSA) is 79.1 Å². The predicted octanol–water partition coefficient (Wildman–Crippen LogP) is 4.05. The number of carbonyl (C=O) groups is 1. The van der Waals surface area contributed by atoms with Crippen molar-refractivity contribution in [3.05, 3.63) is 59.2 Å². The van der Waals surface area contributed by atoms with Gasteiger partial charge in [-0.2, -0.15) is 0 Å². The number of nitrogens with two attached hydrogens (primary N) is 1. The summed E-state index contributed by atoms with van der Waals surface area (Å²) in [5.74, 6) is -0.807. The van der Waals surface area contributed by atoms with Gasteiger partial charge in [-0.1, -0.05) is 30.3 Å². The molecule has 4 nitrogen and oxygen atoms in total. The van der Waals surface area contributed by atoms with Crippen LogP contribution in [0.15, 0.2) is 42.5 Å². The number of aromatic nitrogens is 1. The molecule has 4 N–H and O–H groups in total. The minimum Gasteiger partial charge on any atom is -0.481 e. The number of fused-ring (bicyclic) bond motifs is 1. The van der Waals surface area contributed by atoms with E-state index in [1.807, 2.05) is 30.3 Å². The van der Waals surface area contributed by atoms with E-state index in [2.05, 4.69) is 24.0 Å². The SMILES string of the molecule is Cc1ccccc1-c1[nH]c2ccc(CC(=O)O)cc2c1CCCCN. The van der Waals surface area contributed by atoms with Crippen LogP contribution >= 0.6 is 0 Å². The fraction of sp³-hybridized carbons (Fsp3) is 0.286. The van der Waals surface area contributed by atoms with E-state index in [1.54, 1.807) is 0 Å². The molecule has 0 spiro atoms. The Labute approximate surface area is 147 Å². The van der Waals surface area contributed by atoms with Crippen molar-refractivity contribution in [2.75, 3.05) is 6.54 Å². The van der Waals surface area contributed by atoms with Crippen molar-refractivity contribution in [3.63, 3.8) is 0 Å². The Balaban J connectivity index is 2.13. The van der Waals surface area contributed by atoms with Gasteiger partial charge in [0.2, 0.25) is 0 Å². The van der Waals surface area contributed by atoms with Crippen LogP contribution in [0.5, 0.6) is 0 Å². The summed E-state index contributed by atoms with van der Waals surface area (Å²) in [6.45, 7) is 2.80. The third-order valence-electron chi connectivity index (χ3n) is 4.62. The van der Waals surface area contributed by atoms with Crippen LogP contribution in [0.1, 0.15) is 29.5 Å². The van der Waals surface area contributed by atoms with Crippen LogP contribution < -0.4 is 5.73 Å². The maximum atomic E-state index is 11.1. The van der Waals surface area contributed by atoms with E-state index in [9.17, 15) is 4.79 Å². The molecule has 0 unspecified atom stereocenters. The first-order valence-electron chi connectivity index (χ1n) is 8.71. The van der Waals surface area contributed by atoms with Gasteiger partial charge in [-0.25, -0.2) is 0 Å². The molecule has 130 valence electrons. The van der Waals surface area contributed by atoms with Gasteiger partial charge in [0.05, 0.1) is 6.42 Å². The number of benzene rings is 2. The van der Waals surface area contributed by atoms with E-state index in [0.717, 1.165) is 41.4 Å². The maximum absolute atomic E-state index is 11.1. The largest absolute Gasteiger partial charge is 0.481 e. The highest BCUT2D eigenvalue weighted by Crippen LogP contribution is 2.33. The predicted molar refractivity (Wildman–Crippen MR) is 102 cm³/mol. The average molecular weight is 336 g/mol. The van der Waals surface area contributed by atoms with Crippen molar-refractivity contribution in [1.29, 1.82) is 0 Å². The lowest BCUT2D eigenvalue weighted by Gasteiger charge is -2.08. The first-order valence-corrected chi connectivity index (χ1v) is 8.71. The van der Waals surface area contributed by atoms with Crippen LogP contribution in [0.4, 0.5) is 0 Å². The minimum atomic E-state index is -0.807. The molecular formula is C21H24N2O2. The highest BCUT2D eigenvalue weighted by Gasteiger charge is 2.15. The molecule has 25 heavy (non-hydrogen) atoms. The summed E-state index contributed by atoms with van der Waals surface area (Å²) >= 11 is 0. The number of nitrogens with one attached hydrogen (secondary N) is 1. The van der Waals surface area contributed by atoms with E-state index >= 15 is 0 Å². The quantitative estimate of drug-likeness (QED) is 0.569. The Morgan fingerprint density at radius 1 is 1.16 bits per heavy atom. The van der Waals surface area contributed by atoms with Gasteiger partial charge < -0.3 is 15.8 Å². The van der Waals surface area contributed by atoms with Gasteiger partial charge in [-0.05, 0) is 61.6 Å². The van der Waals surface area contributed by atoms with Crippen molar-refractivity contribution in [1.82, 2.24) is 4.98 Å². The van der Waals surface area contributed by atoms with Crippen LogP contribution in [-0.4, -0.2) is 22.6 Å².